The molecule has 64 valence electrons. The Balaban J connectivity index is 2.23. The molecule has 1 aliphatic rings. The first-order valence-electron chi connectivity index (χ1n) is 3.34. The second-order valence-corrected chi connectivity index (χ2v) is 2.63. The zero-order valence-corrected chi connectivity index (χ0v) is 7.00. The highest BCUT2D eigenvalue weighted by atomic mass is 35.5. The number of halogens is 1. The SMILES string of the molecule is CN(CC1OCCO1)C(=O)Cl. The third kappa shape index (κ3) is 2.65. The van der Waals surface area contributed by atoms with Crippen LogP contribution in [-0.2, 0) is 9.47 Å². The number of rotatable bonds is 2. The van der Waals surface area contributed by atoms with E-state index in [0.717, 1.165) is 0 Å². The zero-order valence-electron chi connectivity index (χ0n) is 6.25. The highest BCUT2D eigenvalue weighted by Gasteiger charge is 2.19. The summed E-state index contributed by atoms with van der Waals surface area (Å²) in [6, 6.07) is 0. The molecule has 0 bridgehead atoms. The lowest BCUT2D eigenvalue weighted by molar-refractivity contribution is -0.0513. The van der Waals surface area contributed by atoms with Gasteiger partial charge in [-0.05, 0) is 11.6 Å². The van der Waals surface area contributed by atoms with Gasteiger partial charge in [-0.2, -0.15) is 0 Å². The highest BCUT2D eigenvalue weighted by molar-refractivity contribution is 6.62. The van der Waals surface area contributed by atoms with Crippen LogP contribution in [0.1, 0.15) is 0 Å². The lowest BCUT2D eigenvalue weighted by atomic mass is 10.6. The Bertz CT molecular complexity index is 147. The molecule has 1 aliphatic heterocycles. The van der Waals surface area contributed by atoms with E-state index in [4.69, 9.17) is 21.1 Å². The molecule has 0 aromatic carbocycles. The topological polar surface area (TPSA) is 38.8 Å². The monoisotopic (exact) mass is 179 g/mol. The van der Waals surface area contributed by atoms with E-state index < -0.39 is 5.37 Å². The summed E-state index contributed by atoms with van der Waals surface area (Å²) in [7, 11) is 1.60. The number of hydrogen-bond acceptors (Lipinski definition) is 3. The third-order valence-electron chi connectivity index (χ3n) is 1.41. The summed E-state index contributed by atoms with van der Waals surface area (Å²) in [4.78, 5) is 11.9. The number of carbonyl (C=O) groups excluding carboxylic acids is 1. The van der Waals surface area contributed by atoms with Crippen molar-refractivity contribution in [3.8, 4) is 0 Å². The molecule has 1 rings (SSSR count). The van der Waals surface area contributed by atoms with E-state index in [2.05, 4.69) is 0 Å². The van der Waals surface area contributed by atoms with Crippen molar-refractivity contribution in [2.24, 2.45) is 0 Å². The number of hydrogen-bond donors (Lipinski definition) is 0. The maximum Gasteiger partial charge on any atom is 0.316 e. The van der Waals surface area contributed by atoms with Crippen molar-refractivity contribution in [1.29, 1.82) is 0 Å². The first kappa shape index (κ1) is 8.77. The number of amides is 1. The molecule has 5 heteroatoms. The molecule has 4 nitrogen and oxygen atoms in total. The average Bonchev–Trinajstić information content (AvgIpc) is 2.39. The predicted molar refractivity (Wildman–Crippen MR) is 39.6 cm³/mol. The summed E-state index contributed by atoms with van der Waals surface area (Å²) in [5, 5.41) is -0.496. The third-order valence-corrected chi connectivity index (χ3v) is 1.70. The van der Waals surface area contributed by atoms with Gasteiger partial charge in [0, 0.05) is 7.05 Å². The van der Waals surface area contributed by atoms with Gasteiger partial charge in [0.15, 0.2) is 6.29 Å². The van der Waals surface area contributed by atoms with E-state index in [1.54, 1.807) is 7.05 Å². The molecular formula is C6H10ClNO3. The van der Waals surface area contributed by atoms with E-state index in [1.807, 2.05) is 0 Å². The smallest absolute Gasteiger partial charge is 0.316 e. The molecule has 0 unspecified atom stereocenters. The van der Waals surface area contributed by atoms with E-state index in [0.29, 0.717) is 19.8 Å². The Morgan fingerprint density at radius 1 is 1.64 bits per heavy atom. The van der Waals surface area contributed by atoms with Crippen LogP contribution in [0, 0.1) is 0 Å². The molecule has 0 saturated carbocycles. The minimum absolute atomic E-state index is 0.303. The Morgan fingerprint density at radius 2 is 2.18 bits per heavy atom. The average molecular weight is 180 g/mol. The second-order valence-electron chi connectivity index (χ2n) is 2.30. The Hall–Kier alpha value is -0.320. The van der Waals surface area contributed by atoms with Gasteiger partial charge >= 0.3 is 5.37 Å². The van der Waals surface area contributed by atoms with Crippen molar-refractivity contribution in [2.75, 3.05) is 26.8 Å². The van der Waals surface area contributed by atoms with Crippen molar-refractivity contribution in [2.45, 2.75) is 6.29 Å². The number of carbonyl (C=O) groups is 1. The summed E-state index contributed by atoms with van der Waals surface area (Å²) in [6.07, 6.45) is -0.303. The maximum absolute atomic E-state index is 10.5. The van der Waals surface area contributed by atoms with Gasteiger partial charge in [-0.3, -0.25) is 4.79 Å². The highest BCUT2D eigenvalue weighted by Crippen LogP contribution is 2.05. The summed E-state index contributed by atoms with van der Waals surface area (Å²) < 4.78 is 10.2. The van der Waals surface area contributed by atoms with Crippen molar-refractivity contribution in [1.82, 2.24) is 4.90 Å². The maximum atomic E-state index is 10.5. The van der Waals surface area contributed by atoms with Gasteiger partial charge in [0.25, 0.3) is 0 Å². The zero-order chi connectivity index (χ0) is 8.27. The Labute approximate surface area is 70.0 Å². The van der Waals surface area contributed by atoms with Crippen molar-refractivity contribution in [3.05, 3.63) is 0 Å². The van der Waals surface area contributed by atoms with Crippen LogP contribution >= 0.6 is 11.6 Å². The molecule has 1 heterocycles. The lowest BCUT2D eigenvalue weighted by Gasteiger charge is -2.16. The molecule has 1 amide bonds. The van der Waals surface area contributed by atoms with Crippen LogP contribution in [0.25, 0.3) is 0 Å². The van der Waals surface area contributed by atoms with E-state index in [1.165, 1.54) is 4.90 Å². The molecule has 0 radical (unpaired) electrons. The van der Waals surface area contributed by atoms with Gasteiger partial charge < -0.3 is 14.4 Å². The fraction of sp³-hybridized carbons (Fsp3) is 0.833. The van der Waals surface area contributed by atoms with Crippen LogP contribution in [0.3, 0.4) is 0 Å². The second kappa shape index (κ2) is 3.90. The minimum atomic E-state index is -0.496. The van der Waals surface area contributed by atoms with Gasteiger partial charge in [0.05, 0.1) is 19.8 Å². The molecule has 11 heavy (non-hydrogen) atoms. The van der Waals surface area contributed by atoms with Gasteiger partial charge in [-0.15, -0.1) is 0 Å². The number of likely N-dealkylation sites (N-methyl/N-ethyl adjacent to an activating group) is 1. The van der Waals surface area contributed by atoms with E-state index in [9.17, 15) is 4.79 Å². The standard InChI is InChI=1S/C6H10ClNO3/c1-8(6(7)9)4-5-10-2-3-11-5/h5H,2-4H2,1H3. The van der Waals surface area contributed by atoms with Crippen LogP contribution in [0.4, 0.5) is 4.79 Å². The first-order chi connectivity index (χ1) is 5.20. The van der Waals surface area contributed by atoms with Crippen molar-refractivity contribution < 1.29 is 14.3 Å². The molecule has 0 aromatic rings. The quantitative estimate of drug-likeness (QED) is 0.462. The van der Waals surface area contributed by atoms with Crippen LogP contribution in [-0.4, -0.2) is 43.4 Å². The summed E-state index contributed by atoms with van der Waals surface area (Å²) in [5.74, 6) is 0. The minimum Gasteiger partial charge on any atom is -0.348 e. The van der Waals surface area contributed by atoms with Crippen molar-refractivity contribution in [3.63, 3.8) is 0 Å². The summed E-state index contributed by atoms with van der Waals surface area (Å²) in [5.41, 5.74) is 0. The van der Waals surface area contributed by atoms with E-state index in [-0.39, 0.29) is 6.29 Å². The molecule has 0 atom stereocenters. The lowest BCUT2D eigenvalue weighted by Crippen LogP contribution is -2.31. The van der Waals surface area contributed by atoms with Gasteiger partial charge in [-0.25, -0.2) is 0 Å². The molecule has 0 aromatic heterocycles. The van der Waals surface area contributed by atoms with Crippen LogP contribution in [0.5, 0.6) is 0 Å². The summed E-state index contributed by atoms with van der Waals surface area (Å²) in [6.45, 7) is 1.58. The molecule has 1 saturated heterocycles. The van der Waals surface area contributed by atoms with Crippen LogP contribution < -0.4 is 0 Å². The number of nitrogens with zero attached hydrogens (tertiary/aromatic N) is 1. The van der Waals surface area contributed by atoms with Crippen molar-refractivity contribution >= 4 is 17.0 Å². The Kier molecular flexibility index (Phi) is 3.11. The first-order valence-corrected chi connectivity index (χ1v) is 3.72. The molecule has 1 fully saturated rings. The van der Waals surface area contributed by atoms with E-state index >= 15 is 0 Å². The molecule has 0 N–H and O–H groups in total. The Morgan fingerprint density at radius 3 is 2.64 bits per heavy atom. The van der Waals surface area contributed by atoms with Crippen LogP contribution in [0.2, 0.25) is 0 Å². The molecule has 0 aliphatic carbocycles. The largest absolute Gasteiger partial charge is 0.348 e. The fourth-order valence-electron chi connectivity index (χ4n) is 0.808. The normalized spacial score (nSPS) is 18.7. The van der Waals surface area contributed by atoms with Gasteiger partial charge in [-0.1, -0.05) is 0 Å². The predicted octanol–water partition coefficient (Wildman–Crippen LogP) is 0.650. The summed E-state index contributed by atoms with van der Waals surface area (Å²) >= 11 is 5.18. The fourth-order valence-corrected chi connectivity index (χ4v) is 0.877. The van der Waals surface area contributed by atoms with Gasteiger partial charge in [0.1, 0.15) is 0 Å². The number of ether oxygens (including phenoxy) is 2. The molecule has 0 spiro atoms. The van der Waals surface area contributed by atoms with Gasteiger partial charge in [0.2, 0.25) is 0 Å². The molecular weight excluding hydrogens is 170 g/mol. The van der Waals surface area contributed by atoms with Crippen LogP contribution in [0.15, 0.2) is 0 Å².